The van der Waals surface area contributed by atoms with Gasteiger partial charge < -0.3 is 4.74 Å². The molecule has 1 aromatic carbocycles. The fourth-order valence-corrected chi connectivity index (χ4v) is 8.31. The van der Waals surface area contributed by atoms with Crippen molar-refractivity contribution in [3.63, 3.8) is 0 Å². The van der Waals surface area contributed by atoms with Crippen LogP contribution in [0.2, 0.25) is 0 Å². The highest BCUT2D eigenvalue weighted by molar-refractivity contribution is 9.11. The summed E-state index contributed by atoms with van der Waals surface area (Å²) in [6.45, 7) is 12.9. The van der Waals surface area contributed by atoms with Gasteiger partial charge in [-0.3, -0.25) is 0 Å². The van der Waals surface area contributed by atoms with Crippen molar-refractivity contribution in [3.8, 4) is 5.75 Å². The molecular formula is C34H58Br2N2OS. The lowest BCUT2D eigenvalue weighted by atomic mass is 9.69. The smallest absolute Gasteiger partial charge is 0.136 e. The number of nitrogens with zero attached hydrogens (tertiary/aromatic N) is 2. The second kappa shape index (κ2) is 21.5. The second-order valence-electron chi connectivity index (χ2n) is 12.3. The molecule has 230 valence electrons. The average Bonchev–Trinajstić information content (AvgIpc) is 3.45. The zero-order chi connectivity index (χ0) is 29.2. The predicted octanol–water partition coefficient (Wildman–Crippen LogP) is 13.2. The summed E-state index contributed by atoms with van der Waals surface area (Å²) in [6, 6.07) is 2.06. The van der Waals surface area contributed by atoms with Gasteiger partial charge >= 0.3 is 0 Å². The number of unbranched alkanes of at least 4 members (excludes halogenated alkanes) is 10. The summed E-state index contributed by atoms with van der Waals surface area (Å²) in [5.41, 5.74) is 0.880. The number of hydrogen-bond donors (Lipinski definition) is 0. The minimum absolute atomic E-state index is 0.749. The van der Waals surface area contributed by atoms with Gasteiger partial charge in [0.2, 0.25) is 0 Å². The fraction of sp³-hybridized carbons (Fsp3) is 0.824. The van der Waals surface area contributed by atoms with Crippen LogP contribution in [0.4, 0.5) is 0 Å². The number of hydrogen-bond acceptors (Lipinski definition) is 4. The quantitative estimate of drug-likeness (QED) is 0.102. The third kappa shape index (κ3) is 12.6. The van der Waals surface area contributed by atoms with Gasteiger partial charge in [-0.2, -0.15) is 0 Å². The SMILES string of the molecule is CCCCCCC(C)C(CCCCCC)C(CCCCOc1cc(Br)c2snnc2c1Br)C(C)CCCCCC. The van der Waals surface area contributed by atoms with E-state index in [2.05, 4.69) is 82.1 Å². The number of ether oxygens (including phenoxy) is 1. The molecule has 0 bridgehead atoms. The lowest BCUT2D eigenvalue weighted by Gasteiger charge is -2.37. The Morgan fingerprint density at radius 2 is 1.20 bits per heavy atom. The first-order valence-corrected chi connectivity index (χ1v) is 19.0. The Bertz CT molecular complexity index is 921. The van der Waals surface area contributed by atoms with E-state index in [4.69, 9.17) is 4.74 Å². The molecule has 4 unspecified atom stereocenters. The molecule has 0 saturated heterocycles. The molecule has 3 nitrogen and oxygen atoms in total. The van der Waals surface area contributed by atoms with Gasteiger partial charge in [0.1, 0.15) is 11.3 Å². The Hall–Kier alpha value is -0.200. The molecule has 1 aromatic heterocycles. The summed E-state index contributed by atoms with van der Waals surface area (Å²) in [5, 5.41) is 4.28. The van der Waals surface area contributed by atoms with E-state index in [1.54, 1.807) is 0 Å². The Morgan fingerprint density at radius 1 is 0.700 bits per heavy atom. The maximum Gasteiger partial charge on any atom is 0.136 e. The number of benzene rings is 1. The van der Waals surface area contributed by atoms with Gasteiger partial charge in [-0.1, -0.05) is 129 Å². The third-order valence-electron chi connectivity index (χ3n) is 9.01. The van der Waals surface area contributed by atoms with Gasteiger partial charge in [0.25, 0.3) is 0 Å². The first kappa shape index (κ1) is 36.0. The van der Waals surface area contributed by atoms with Crippen LogP contribution in [0.15, 0.2) is 15.0 Å². The van der Waals surface area contributed by atoms with Crippen molar-refractivity contribution < 1.29 is 4.74 Å². The van der Waals surface area contributed by atoms with Gasteiger partial charge in [-0.05, 0) is 98.8 Å². The molecule has 4 atom stereocenters. The third-order valence-corrected chi connectivity index (χ3v) is 11.4. The Morgan fingerprint density at radius 3 is 1.73 bits per heavy atom. The van der Waals surface area contributed by atoms with Gasteiger partial charge in [0.15, 0.2) is 0 Å². The normalized spacial score (nSPS) is 14.9. The summed E-state index contributed by atoms with van der Waals surface area (Å²) in [6.07, 6.45) is 24.5. The zero-order valence-electron chi connectivity index (χ0n) is 26.3. The van der Waals surface area contributed by atoms with E-state index in [-0.39, 0.29) is 0 Å². The van der Waals surface area contributed by atoms with E-state index in [1.807, 2.05) is 0 Å². The highest BCUT2D eigenvalue weighted by atomic mass is 79.9. The molecule has 0 spiro atoms. The van der Waals surface area contributed by atoms with Gasteiger partial charge in [-0.25, -0.2) is 0 Å². The van der Waals surface area contributed by atoms with Crippen molar-refractivity contribution in [2.75, 3.05) is 6.61 Å². The largest absolute Gasteiger partial charge is 0.492 e. The standard InChI is InChI=1S/C34H58Br2N2OS/c1-6-9-12-15-20-26(4)28(22-17-14-11-8-3)29(27(5)21-16-13-10-7-2)23-18-19-24-39-31-25-30(35)34-33(32(31)36)37-38-40-34/h25-29H,6-24H2,1-5H3. The summed E-state index contributed by atoms with van der Waals surface area (Å²) >= 11 is 8.77. The Labute approximate surface area is 267 Å². The molecule has 0 aliphatic rings. The van der Waals surface area contributed by atoms with Crippen LogP contribution in [0.25, 0.3) is 10.2 Å². The zero-order valence-corrected chi connectivity index (χ0v) is 30.3. The van der Waals surface area contributed by atoms with Crippen molar-refractivity contribution in [2.24, 2.45) is 23.7 Å². The van der Waals surface area contributed by atoms with Gasteiger partial charge in [0, 0.05) is 4.47 Å². The minimum atomic E-state index is 0.749. The maximum atomic E-state index is 6.26. The van der Waals surface area contributed by atoms with Gasteiger partial charge in [-0.15, -0.1) is 5.10 Å². The number of rotatable bonds is 24. The van der Waals surface area contributed by atoms with E-state index >= 15 is 0 Å². The summed E-state index contributed by atoms with van der Waals surface area (Å²) in [4.78, 5) is 0. The molecule has 6 heteroatoms. The highest BCUT2D eigenvalue weighted by Gasteiger charge is 2.30. The van der Waals surface area contributed by atoms with Crippen molar-refractivity contribution in [3.05, 3.63) is 15.0 Å². The Balaban J connectivity index is 2.02. The molecule has 2 aromatic rings. The van der Waals surface area contributed by atoms with Crippen LogP contribution in [0.3, 0.4) is 0 Å². The lowest BCUT2D eigenvalue weighted by Crippen LogP contribution is -2.28. The van der Waals surface area contributed by atoms with E-state index in [9.17, 15) is 0 Å². The summed E-state index contributed by atoms with van der Waals surface area (Å²) in [7, 11) is 0. The monoisotopic (exact) mass is 700 g/mol. The average molecular weight is 703 g/mol. The molecule has 0 aliphatic heterocycles. The van der Waals surface area contributed by atoms with Crippen molar-refractivity contribution in [1.29, 1.82) is 0 Å². The van der Waals surface area contributed by atoms with Crippen LogP contribution in [-0.2, 0) is 0 Å². The Kier molecular flexibility index (Phi) is 19.3. The second-order valence-corrected chi connectivity index (χ2v) is 14.7. The van der Waals surface area contributed by atoms with E-state index in [0.717, 1.165) is 61.6 Å². The first-order chi connectivity index (χ1) is 19.4. The van der Waals surface area contributed by atoms with Crippen LogP contribution >= 0.6 is 43.4 Å². The first-order valence-electron chi connectivity index (χ1n) is 16.7. The van der Waals surface area contributed by atoms with Gasteiger partial charge in [0.05, 0.1) is 15.8 Å². The molecule has 0 saturated carbocycles. The van der Waals surface area contributed by atoms with E-state index in [1.165, 1.54) is 121 Å². The van der Waals surface area contributed by atoms with E-state index in [0.29, 0.717) is 0 Å². The summed E-state index contributed by atoms with van der Waals surface area (Å²) < 4.78 is 13.4. The number of halogens is 2. The minimum Gasteiger partial charge on any atom is -0.492 e. The molecule has 0 N–H and O–H groups in total. The molecule has 0 fully saturated rings. The van der Waals surface area contributed by atoms with Crippen molar-refractivity contribution in [2.45, 2.75) is 150 Å². The number of aromatic nitrogens is 2. The van der Waals surface area contributed by atoms with Crippen molar-refractivity contribution >= 4 is 53.6 Å². The molecular weight excluding hydrogens is 644 g/mol. The molecule has 1 heterocycles. The predicted molar refractivity (Wildman–Crippen MR) is 184 cm³/mol. The molecule has 2 rings (SSSR count). The van der Waals surface area contributed by atoms with Crippen LogP contribution in [0.1, 0.15) is 150 Å². The lowest BCUT2D eigenvalue weighted by molar-refractivity contribution is 0.132. The van der Waals surface area contributed by atoms with Crippen LogP contribution in [0.5, 0.6) is 5.75 Å². The maximum absolute atomic E-state index is 6.26. The van der Waals surface area contributed by atoms with Crippen LogP contribution in [0, 0.1) is 23.7 Å². The molecule has 0 aliphatic carbocycles. The topological polar surface area (TPSA) is 35.0 Å². The fourth-order valence-electron chi connectivity index (χ4n) is 6.48. The molecule has 40 heavy (non-hydrogen) atoms. The van der Waals surface area contributed by atoms with E-state index < -0.39 is 0 Å². The van der Waals surface area contributed by atoms with Crippen LogP contribution < -0.4 is 4.74 Å². The number of fused-ring (bicyclic) bond motifs is 1. The molecule has 0 radical (unpaired) electrons. The summed E-state index contributed by atoms with van der Waals surface area (Å²) in [5.74, 6) is 4.22. The highest BCUT2D eigenvalue weighted by Crippen LogP contribution is 2.41. The van der Waals surface area contributed by atoms with Crippen molar-refractivity contribution in [1.82, 2.24) is 9.59 Å². The molecule has 0 amide bonds. The van der Waals surface area contributed by atoms with Crippen LogP contribution in [-0.4, -0.2) is 16.2 Å².